The number of benzene rings is 1. The van der Waals surface area contributed by atoms with Crippen LogP contribution >= 0.6 is 0 Å². The van der Waals surface area contributed by atoms with E-state index in [2.05, 4.69) is 10.3 Å². The number of hydrogen-bond donors (Lipinski definition) is 2. The number of ether oxygens (including phenoxy) is 2. The van der Waals surface area contributed by atoms with Crippen LogP contribution < -0.4 is 20.5 Å². The SMILES string of the molecule is CCOc1cc2c(cc1NC(=O)Cc1ccc(N)cn1)OC(C)C2. The smallest absolute Gasteiger partial charge is 0.230 e. The minimum atomic E-state index is -0.167. The van der Waals surface area contributed by atoms with Gasteiger partial charge in [-0.2, -0.15) is 0 Å². The highest BCUT2D eigenvalue weighted by Gasteiger charge is 2.22. The summed E-state index contributed by atoms with van der Waals surface area (Å²) in [6, 6.07) is 7.25. The Morgan fingerprint density at radius 3 is 3.00 bits per heavy atom. The first-order chi connectivity index (χ1) is 11.5. The first-order valence-corrected chi connectivity index (χ1v) is 8.01. The molecule has 0 radical (unpaired) electrons. The number of nitrogen functional groups attached to an aromatic ring is 1. The quantitative estimate of drug-likeness (QED) is 0.881. The number of fused-ring (bicyclic) bond motifs is 1. The zero-order chi connectivity index (χ0) is 17.1. The first-order valence-electron chi connectivity index (χ1n) is 8.01. The predicted octanol–water partition coefficient (Wildman–Crippen LogP) is 2.57. The molecule has 3 rings (SSSR count). The molecule has 0 saturated heterocycles. The lowest BCUT2D eigenvalue weighted by Crippen LogP contribution is -2.16. The van der Waals surface area contributed by atoms with Gasteiger partial charge in [-0.1, -0.05) is 0 Å². The minimum Gasteiger partial charge on any atom is -0.492 e. The molecule has 1 aliphatic rings. The Bertz CT molecular complexity index is 744. The molecule has 0 aliphatic carbocycles. The topological polar surface area (TPSA) is 86.5 Å². The van der Waals surface area contributed by atoms with Gasteiger partial charge in [-0.05, 0) is 32.0 Å². The van der Waals surface area contributed by atoms with Crippen molar-refractivity contribution in [2.75, 3.05) is 17.7 Å². The van der Waals surface area contributed by atoms with Gasteiger partial charge in [0.1, 0.15) is 17.6 Å². The van der Waals surface area contributed by atoms with Gasteiger partial charge in [0.25, 0.3) is 0 Å². The number of hydrogen-bond acceptors (Lipinski definition) is 5. The molecular formula is C18H21N3O3. The summed E-state index contributed by atoms with van der Waals surface area (Å²) in [4.78, 5) is 16.5. The summed E-state index contributed by atoms with van der Waals surface area (Å²) in [7, 11) is 0. The molecule has 0 fully saturated rings. The van der Waals surface area contributed by atoms with Crippen LogP contribution in [-0.4, -0.2) is 23.6 Å². The largest absolute Gasteiger partial charge is 0.492 e. The molecule has 2 aromatic rings. The first kappa shape index (κ1) is 16.1. The van der Waals surface area contributed by atoms with Crippen LogP contribution in [0.3, 0.4) is 0 Å². The van der Waals surface area contributed by atoms with Gasteiger partial charge in [-0.25, -0.2) is 0 Å². The molecule has 1 aromatic carbocycles. The summed E-state index contributed by atoms with van der Waals surface area (Å²) in [5.41, 5.74) is 8.55. The Kier molecular flexibility index (Phi) is 4.55. The Morgan fingerprint density at radius 2 is 2.29 bits per heavy atom. The van der Waals surface area contributed by atoms with Crippen molar-refractivity contribution in [3.05, 3.63) is 41.7 Å². The van der Waals surface area contributed by atoms with E-state index in [1.165, 1.54) is 0 Å². The fourth-order valence-electron chi connectivity index (χ4n) is 2.71. The van der Waals surface area contributed by atoms with Crippen molar-refractivity contribution in [2.45, 2.75) is 32.8 Å². The lowest BCUT2D eigenvalue weighted by atomic mass is 10.1. The highest BCUT2D eigenvalue weighted by Crippen LogP contribution is 2.38. The molecule has 2 heterocycles. The molecular weight excluding hydrogens is 306 g/mol. The monoisotopic (exact) mass is 327 g/mol. The van der Waals surface area contributed by atoms with E-state index in [9.17, 15) is 4.79 Å². The molecule has 1 aromatic heterocycles. The van der Waals surface area contributed by atoms with Crippen LogP contribution in [0.2, 0.25) is 0 Å². The van der Waals surface area contributed by atoms with Crippen LogP contribution in [0, 0.1) is 0 Å². The fraction of sp³-hybridized carbons (Fsp3) is 0.333. The van der Waals surface area contributed by atoms with E-state index in [4.69, 9.17) is 15.2 Å². The number of anilines is 2. The van der Waals surface area contributed by atoms with Crippen LogP contribution in [0.25, 0.3) is 0 Å². The van der Waals surface area contributed by atoms with Gasteiger partial charge in [-0.15, -0.1) is 0 Å². The maximum atomic E-state index is 12.3. The average Bonchev–Trinajstić information content (AvgIpc) is 2.89. The Morgan fingerprint density at radius 1 is 1.46 bits per heavy atom. The van der Waals surface area contributed by atoms with Gasteiger partial charge in [0, 0.05) is 23.7 Å². The minimum absolute atomic E-state index is 0.138. The molecule has 1 unspecified atom stereocenters. The number of carbonyl (C=O) groups excluding carboxylic acids is 1. The molecule has 3 N–H and O–H groups in total. The van der Waals surface area contributed by atoms with Crippen molar-refractivity contribution in [3.8, 4) is 11.5 Å². The number of aromatic nitrogens is 1. The number of nitrogens with one attached hydrogen (secondary N) is 1. The van der Waals surface area contributed by atoms with Crippen LogP contribution in [0.1, 0.15) is 25.1 Å². The normalized spacial score (nSPS) is 15.5. The van der Waals surface area contributed by atoms with Gasteiger partial charge < -0.3 is 20.5 Å². The molecule has 6 heteroatoms. The average molecular weight is 327 g/mol. The Balaban J connectivity index is 1.77. The van der Waals surface area contributed by atoms with E-state index in [0.29, 0.717) is 29.4 Å². The maximum absolute atomic E-state index is 12.3. The molecule has 24 heavy (non-hydrogen) atoms. The predicted molar refractivity (Wildman–Crippen MR) is 92.4 cm³/mol. The summed E-state index contributed by atoms with van der Waals surface area (Å²) >= 11 is 0. The maximum Gasteiger partial charge on any atom is 0.230 e. The van der Waals surface area contributed by atoms with Crippen molar-refractivity contribution < 1.29 is 14.3 Å². The van der Waals surface area contributed by atoms with Gasteiger partial charge in [-0.3, -0.25) is 9.78 Å². The van der Waals surface area contributed by atoms with E-state index >= 15 is 0 Å². The van der Waals surface area contributed by atoms with E-state index in [1.807, 2.05) is 26.0 Å². The van der Waals surface area contributed by atoms with E-state index in [-0.39, 0.29) is 18.4 Å². The van der Waals surface area contributed by atoms with E-state index in [0.717, 1.165) is 17.7 Å². The number of amides is 1. The highest BCUT2D eigenvalue weighted by molar-refractivity contribution is 5.94. The fourth-order valence-corrected chi connectivity index (χ4v) is 2.71. The van der Waals surface area contributed by atoms with Gasteiger partial charge in [0.05, 0.1) is 30.6 Å². The molecule has 126 valence electrons. The third kappa shape index (κ3) is 3.59. The van der Waals surface area contributed by atoms with Crippen molar-refractivity contribution in [1.29, 1.82) is 0 Å². The third-order valence-corrected chi connectivity index (χ3v) is 3.76. The zero-order valence-corrected chi connectivity index (χ0v) is 13.8. The summed E-state index contributed by atoms with van der Waals surface area (Å²) in [5, 5.41) is 2.89. The zero-order valence-electron chi connectivity index (χ0n) is 13.8. The van der Waals surface area contributed by atoms with Crippen molar-refractivity contribution in [3.63, 3.8) is 0 Å². The standard InChI is InChI=1S/C18H21N3O3/c1-3-23-17-7-12-6-11(2)24-16(12)9-15(17)21-18(22)8-14-5-4-13(19)10-20-14/h4-5,7,9-11H,3,6,8,19H2,1-2H3,(H,21,22). The lowest BCUT2D eigenvalue weighted by molar-refractivity contribution is -0.115. The van der Waals surface area contributed by atoms with E-state index in [1.54, 1.807) is 18.3 Å². The van der Waals surface area contributed by atoms with Crippen LogP contribution in [0.4, 0.5) is 11.4 Å². The van der Waals surface area contributed by atoms with Crippen molar-refractivity contribution >= 4 is 17.3 Å². The molecule has 1 amide bonds. The molecule has 0 spiro atoms. The molecule has 0 saturated carbocycles. The molecule has 0 bridgehead atoms. The Labute approximate surface area is 141 Å². The van der Waals surface area contributed by atoms with Crippen LogP contribution in [0.5, 0.6) is 11.5 Å². The summed E-state index contributed by atoms with van der Waals surface area (Å²) in [6.45, 7) is 4.46. The van der Waals surface area contributed by atoms with Crippen molar-refractivity contribution in [2.24, 2.45) is 0 Å². The lowest BCUT2D eigenvalue weighted by Gasteiger charge is -2.13. The summed E-state index contributed by atoms with van der Waals surface area (Å²) < 4.78 is 11.4. The second-order valence-corrected chi connectivity index (χ2v) is 5.83. The van der Waals surface area contributed by atoms with Gasteiger partial charge in [0.15, 0.2) is 0 Å². The molecule has 1 atom stereocenters. The summed E-state index contributed by atoms with van der Waals surface area (Å²) in [5.74, 6) is 1.29. The number of rotatable bonds is 5. The number of nitrogens with zero attached hydrogens (tertiary/aromatic N) is 1. The van der Waals surface area contributed by atoms with Crippen LogP contribution in [-0.2, 0) is 17.6 Å². The van der Waals surface area contributed by atoms with E-state index < -0.39 is 0 Å². The highest BCUT2D eigenvalue weighted by atomic mass is 16.5. The molecule has 6 nitrogen and oxygen atoms in total. The number of pyridine rings is 1. The van der Waals surface area contributed by atoms with Crippen molar-refractivity contribution in [1.82, 2.24) is 4.98 Å². The van der Waals surface area contributed by atoms with Gasteiger partial charge in [0.2, 0.25) is 5.91 Å². The number of carbonyl (C=O) groups is 1. The second kappa shape index (κ2) is 6.78. The number of nitrogens with two attached hydrogens (primary N) is 1. The van der Waals surface area contributed by atoms with Gasteiger partial charge >= 0.3 is 0 Å². The Hall–Kier alpha value is -2.76. The van der Waals surface area contributed by atoms with Crippen LogP contribution in [0.15, 0.2) is 30.5 Å². The molecule has 1 aliphatic heterocycles. The third-order valence-electron chi connectivity index (χ3n) is 3.76. The summed E-state index contributed by atoms with van der Waals surface area (Å²) in [6.07, 6.45) is 2.69. The second-order valence-electron chi connectivity index (χ2n) is 5.83.